The summed E-state index contributed by atoms with van der Waals surface area (Å²) in [6, 6.07) is 8.22. The smallest absolute Gasteiger partial charge is 0.127 e. The zero-order valence-electron chi connectivity index (χ0n) is 8.30. The van der Waals surface area contributed by atoms with E-state index in [1.54, 1.807) is 4.90 Å². The molecule has 3 heteroatoms. The molecule has 1 aliphatic rings. The second-order valence-electron chi connectivity index (χ2n) is 3.92. The Bertz CT molecular complexity index is 278. The monoisotopic (exact) mass is 212 g/mol. The number of hydrogen-bond donors (Lipinski definition) is 2. The van der Waals surface area contributed by atoms with Crippen LogP contribution in [0, 0.1) is 0 Å². The van der Waals surface area contributed by atoms with Crippen molar-refractivity contribution in [3.05, 3.63) is 34.9 Å². The van der Waals surface area contributed by atoms with Gasteiger partial charge in [0, 0.05) is 10.6 Å². The summed E-state index contributed by atoms with van der Waals surface area (Å²) in [5, 5.41) is 3.22. The lowest BCUT2D eigenvalue weighted by atomic mass is 10.2. The number of nitrogens with one attached hydrogen (secondary N) is 1. The van der Waals surface area contributed by atoms with Gasteiger partial charge in [0.05, 0.1) is 0 Å². The summed E-state index contributed by atoms with van der Waals surface area (Å²) < 4.78 is 0. The maximum absolute atomic E-state index is 5.84. The van der Waals surface area contributed by atoms with E-state index < -0.39 is 0 Å². The van der Waals surface area contributed by atoms with Gasteiger partial charge in [-0.15, -0.1) is 0 Å². The predicted octanol–water partition coefficient (Wildman–Crippen LogP) is -0.698. The summed E-state index contributed by atoms with van der Waals surface area (Å²) in [6.07, 6.45) is 0. The van der Waals surface area contributed by atoms with Crippen molar-refractivity contribution in [1.29, 1.82) is 0 Å². The van der Waals surface area contributed by atoms with Crippen molar-refractivity contribution in [2.24, 2.45) is 0 Å². The molecule has 0 amide bonds. The van der Waals surface area contributed by atoms with Crippen LogP contribution >= 0.6 is 11.6 Å². The van der Waals surface area contributed by atoms with E-state index in [1.165, 1.54) is 31.7 Å². The molecule has 1 fully saturated rings. The fourth-order valence-corrected chi connectivity index (χ4v) is 2.08. The number of nitrogens with two attached hydrogens (primary N) is 1. The normalized spacial score (nSPS) is 18.4. The highest BCUT2D eigenvalue weighted by Crippen LogP contribution is 2.08. The van der Waals surface area contributed by atoms with Crippen LogP contribution in [-0.2, 0) is 6.54 Å². The molecule has 0 bridgehead atoms. The molecule has 14 heavy (non-hydrogen) atoms. The Balaban J connectivity index is 1.92. The van der Waals surface area contributed by atoms with Crippen molar-refractivity contribution in [2.75, 3.05) is 26.2 Å². The Morgan fingerprint density at radius 3 is 2.43 bits per heavy atom. The molecule has 3 N–H and O–H groups in total. The second-order valence-corrected chi connectivity index (χ2v) is 4.36. The van der Waals surface area contributed by atoms with E-state index in [-0.39, 0.29) is 0 Å². The van der Waals surface area contributed by atoms with E-state index in [2.05, 4.69) is 17.4 Å². The molecule has 0 unspecified atom stereocenters. The molecule has 0 atom stereocenters. The first-order valence-electron chi connectivity index (χ1n) is 5.24. The van der Waals surface area contributed by atoms with Gasteiger partial charge in [-0.25, -0.2) is 0 Å². The zero-order valence-corrected chi connectivity index (χ0v) is 9.06. The van der Waals surface area contributed by atoms with E-state index >= 15 is 0 Å². The minimum atomic E-state index is 0.829. The lowest BCUT2D eigenvalue weighted by molar-refractivity contribution is -0.958. The third-order valence-electron chi connectivity index (χ3n) is 2.77. The highest BCUT2D eigenvalue weighted by Gasteiger charge is 2.15. The summed E-state index contributed by atoms with van der Waals surface area (Å²) in [4.78, 5) is 1.69. The van der Waals surface area contributed by atoms with Gasteiger partial charge in [0.2, 0.25) is 0 Å². The van der Waals surface area contributed by atoms with Crippen molar-refractivity contribution in [3.8, 4) is 0 Å². The van der Waals surface area contributed by atoms with E-state index in [1.807, 2.05) is 12.1 Å². The molecule has 0 spiro atoms. The molecule has 1 saturated heterocycles. The molecule has 0 saturated carbocycles. The van der Waals surface area contributed by atoms with Crippen LogP contribution in [0.1, 0.15) is 5.56 Å². The average Bonchev–Trinajstić information content (AvgIpc) is 2.23. The fourth-order valence-electron chi connectivity index (χ4n) is 1.95. The van der Waals surface area contributed by atoms with Crippen molar-refractivity contribution in [1.82, 2.24) is 0 Å². The van der Waals surface area contributed by atoms with Crippen LogP contribution in [0.3, 0.4) is 0 Å². The molecule has 1 heterocycles. The molecule has 0 aliphatic carbocycles. The van der Waals surface area contributed by atoms with E-state index in [0.717, 1.165) is 11.6 Å². The summed E-state index contributed by atoms with van der Waals surface area (Å²) in [7, 11) is 0. The van der Waals surface area contributed by atoms with Crippen molar-refractivity contribution < 1.29 is 10.2 Å². The van der Waals surface area contributed by atoms with Crippen LogP contribution in [0.25, 0.3) is 0 Å². The number of quaternary nitrogens is 2. The number of piperazine rings is 1. The van der Waals surface area contributed by atoms with Gasteiger partial charge in [0.15, 0.2) is 0 Å². The van der Waals surface area contributed by atoms with Crippen molar-refractivity contribution in [2.45, 2.75) is 6.54 Å². The van der Waals surface area contributed by atoms with Gasteiger partial charge in [-0.05, 0) is 12.1 Å². The lowest BCUT2D eigenvalue weighted by Gasteiger charge is -2.22. The van der Waals surface area contributed by atoms with E-state index in [9.17, 15) is 0 Å². The summed E-state index contributed by atoms with van der Waals surface area (Å²) in [6.45, 7) is 6.24. The maximum Gasteiger partial charge on any atom is 0.127 e. The first-order chi connectivity index (χ1) is 6.84. The van der Waals surface area contributed by atoms with Gasteiger partial charge in [-0.3, -0.25) is 0 Å². The third-order valence-corrected chi connectivity index (χ3v) is 3.02. The Labute approximate surface area is 89.9 Å². The molecule has 1 aromatic carbocycles. The molecule has 1 aromatic rings. The van der Waals surface area contributed by atoms with Crippen LogP contribution in [-0.4, -0.2) is 26.2 Å². The van der Waals surface area contributed by atoms with Crippen molar-refractivity contribution in [3.63, 3.8) is 0 Å². The quantitative estimate of drug-likeness (QED) is 0.648. The van der Waals surface area contributed by atoms with Crippen molar-refractivity contribution >= 4 is 11.6 Å². The highest BCUT2D eigenvalue weighted by atomic mass is 35.5. The molecular weight excluding hydrogens is 196 g/mol. The van der Waals surface area contributed by atoms with Gasteiger partial charge >= 0.3 is 0 Å². The number of rotatable bonds is 2. The largest absolute Gasteiger partial charge is 0.337 e. The maximum atomic E-state index is 5.84. The van der Waals surface area contributed by atoms with Crippen LogP contribution < -0.4 is 10.2 Å². The van der Waals surface area contributed by atoms with Gasteiger partial charge in [0.1, 0.15) is 32.7 Å². The summed E-state index contributed by atoms with van der Waals surface area (Å²) >= 11 is 5.84. The minimum absolute atomic E-state index is 0.829. The average molecular weight is 213 g/mol. The molecular formula is C11H17ClN2+2. The lowest BCUT2D eigenvalue weighted by Crippen LogP contribution is -3.19. The minimum Gasteiger partial charge on any atom is -0.337 e. The topological polar surface area (TPSA) is 21.1 Å². The standard InChI is InChI=1S/C11H15ClN2/c12-11-3-1-10(2-4-11)9-14-7-5-13-6-8-14/h1-4,13H,5-9H2/p+2. The summed E-state index contributed by atoms with van der Waals surface area (Å²) in [5.74, 6) is 0. The molecule has 1 aliphatic heterocycles. The van der Waals surface area contributed by atoms with Crippen LogP contribution in [0.2, 0.25) is 5.02 Å². The van der Waals surface area contributed by atoms with Crippen LogP contribution in [0.5, 0.6) is 0 Å². The van der Waals surface area contributed by atoms with Gasteiger partial charge < -0.3 is 10.2 Å². The van der Waals surface area contributed by atoms with Crippen LogP contribution in [0.15, 0.2) is 24.3 Å². The number of benzene rings is 1. The Kier molecular flexibility index (Phi) is 3.40. The molecule has 0 aromatic heterocycles. The number of hydrogen-bond acceptors (Lipinski definition) is 0. The van der Waals surface area contributed by atoms with Gasteiger partial charge in [0.25, 0.3) is 0 Å². The van der Waals surface area contributed by atoms with Gasteiger partial charge in [-0.1, -0.05) is 23.7 Å². The molecule has 2 rings (SSSR count). The highest BCUT2D eigenvalue weighted by molar-refractivity contribution is 6.30. The second kappa shape index (κ2) is 4.78. The first kappa shape index (κ1) is 9.97. The first-order valence-corrected chi connectivity index (χ1v) is 5.62. The van der Waals surface area contributed by atoms with E-state index in [0.29, 0.717) is 0 Å². The van der Waals surface area contributed by atoms with Crippen LogP contribution in [0.4, 0.5) is 0 Å². The Hall–Kier alpha value is -0.570. The molecule has 2 nitrogen and oxygen atoms in total. The summed E-state index contributed by atoms with van der Waals surface area (Å²) in [5.41, 5.74) is 1.39. The Morgan fingerprint density at radius 1 is 1.14 bits per heavy atom. The Morgan fingerprint density at radius 2 is 1.79 bits per heavy atom. The van der Waals surface area contributed by atoms with Gasteiger partial charge in [-0.2, -0.15) is 0 Å². The molecule has 0 radical (unpaired) electrons. The SMILES string of the molecule is Clc1ccc(C[NH+]2CC[NH2+]CC2)cc1. The number of halogens is 1. The molecule has 76 valence electrons. The fraction of sp³-hybridized carbons (Fsp3) is 0.455. The zero-order chi connectivity index (χ0) is 9.80. The third kappa shape index (κ3) is 2.71. The predicted molar refractivity (Wildman–Crippen MR) is 57.5 cm³/mol. The van der Waals surface area contributed by atoms with E-state index in [4.69, 9.17) is 11.6 Å².